The number of aliphatic hydroxyl groups excluding tert-OH is 1. The second-order valence-electron chi connectivity index (χ2n) is 10.7. The molecule has 4 rings (SSSR count). The first-order valence-corrected chi connectivity index (χ1v) is 11.0. The van der Waals surface area contributed by atoms with E-state index in [-0.39, 0.29) is 11.5 Å². The quantitative estimate of drug-likeness (QED) is 0.665. The predicted octanol–water partition coefficient (Wildman–Crippen LogP) is 4.04. The topological polar surface area (TPSA) is 52.5 Å². The lowest BCUT2D eigenvalue weighted by Crippen LogP contribution is -2.58. The van der Waals surface area contributed by atoms with E-state index >= 15 is 0 Å². The van der Waals surface area contributed by atoms with E-state index in [2.05, 4.69) is 39.1 Å². The van der Waals surface area contributed by atoms with Gasteiger partial charge in [0.15, 0.2) is 0 Å². The molecule has 0 aromatic heterocycles. The largest absolute Gasteiger partial charge is 0.393 e. The average Bonchev–Trinajstić information content (AvgIpc) is 2.86. The second-order valence-corrected chi connectivity index (χ2v) is 10.7. The lowest BCUT2D eigenvalue weighted by atomic mass is 9.47. The Morgan fingerprint density at radius 3 is 2.58 bits per heavy atom. The Bertz CT molecular complexity index is 587. The van der Waals surface area contributed by atoms with Crippen molar-refractivity contribution < 1.29 is 10.2 Å². The lowest BCUT2D eigenvalue weighted by Gasteiger charge is -2.59. The van der Waals surface area contributed by atoms with Crippen molar-refractivity contribution >= 4 is 0 Å². The van der Waals surface area contributed by atoms with E-state index in [1.165, 1.54) is 18.4 Å². The fourth-order valence-corrected chi connectivity index (χ4v) is 7.42. The van der Waals surface area contributed by atoms with Gasteiger partial charge in [0.1, 0.15) is 0 Å². The molecular formula is C23H39NO2. The number of fused-ring (bicyclic) bond motifs is 5. The smallest absolute Gasteiger partial charge is 0.0827 e. The zero-order chi connectivity index (χ0) is 18.7. The Morgan fingerprint density at radius 2 is 1.85 bits per heavy atom. The first-order valence-electron chi connectivity index (χ1n) is 11.0. The fourth-order valence-electron chi connectivity index (χ4n) is 7.42. The van der Waals surface area contributed by atoms with Gasteiger partial charge in [-0.25, -0.2) is 0 Å². The van der Waals surface area contributed by atoms with E-state index in [4.69, 9.17) is 0 Å². The van der Waals surface area contributed by atoms with Crippen molar-refractivity contribution in [3.63, 3.8) is 0 Å². The molecule has 3 heteroatoms. The van der Waals surface area contributed by atoms with Crippen molar-refractivity contribution in [2.45, 2.75) is 96.8 Å². The van der Waals surface area contributed by atoms with Crippen LogP contribution in [0.3, 0.4) is 0 Å². The van der Waals surface area contributed by atoms with Gasteiger partial charge in [-0.1, -0.05) is 39.3 Å². The van der Waals surface area contributed by atoms with Gasteiger partial charge in [0, 0.05) is 18.0 Å². The van der Waals surface area contributed by atoms with E-state index in [1.807, 2.05) is 0 Å². The molecule has 3 nitrogen and oxygen atoms in total. The summed E-state index contributed by atoms with van der Waals surface area (Å²) >= 11 is 0. The molecule has 0 unspecified atom stereocenters. The van der Waals surface area contributed by atoms with Gasteiger partial charge in [0.05, 0.1) is 11.7 Å². The molecule has 0 saturated heterocycles. The van der Waals surface area contributed by atoms with Gasteiger partial charge in [-0.15, -0.1) is 0 Å². The first-order chi connectivity index (χ1) is 12.2. The van der Waals surface area contributed by atoms with Gasteiger partial charge in [-0.05, 0) is 74.5 Å². The molecule has 3 N–H and O–H groups in total. The molecule has 0 bridgehead atoms. The van der Waals surface area contributed by atoms with Gasteiger partial charge in [-0.3, -0.25) is 0 Å². The van der Waals surface area contributed by atoms with E-state index in [0.717, 1.165) is 51.0 Å². The minimum absolute atomic E-state index is 0.0476. The Balaban J connectivity index is 1.60. The van der Waals surface area contributed by atoms with Crippen LogP contribution in [0.25, 0.3) is 0 Å². The number of hydrogen-bond donors (Lipinski definition) is 3. The molecule has 0 aromatic carbocycles. The summed E-state index contributed by atoms with van der Waals surface area (Å²) in [6, 6.07) is 0.422. The molecule has 7 atom stereocenters. The van der Waals surface area contributed by atoms with Crippen LogP contribution in [0.5, 0.6) is 0 Å². The highest BCUT2D eigenvalue weighted by molar-refractivity contribution is 5.26. The van der Waals surface area contributed by atoms with Crippen molar-refractivity contribution in [2.24, 2.45) is 28.6 Å². The zero-order valence-corrected chi connectivity index (χ0v) is 17.2. The molecule has 0 amide bonds. The van der Waals surface area contributed by atoms with Gasteiger partial charge in [0.2, 0.25) is 0 Å². The highest BCUT2D eigenvalue weighted by atomic mass is 16.3. The molecule has 26 heavy (non-hydrogen) atoms. The number of hydrogen-bond acceptors (Lipinski definition) is 3. The zero-order valence-electron chi connectivity index (χ0n) is 17.2. The summed E-state index contributed by atoms with van der Waals surface area (Å²) in [6.45, 7) is 9.93. The van der Waals surface area contributed by atoms with Crippen LogP contribution in [0.15, 0.2) is 11.6 Å². The van der Waals surface area contributed by atoms with Crippen LogP contribution in [0.4, 0.5) is 0 Å². The van der Waals surface area contributed by atoms with Crippen molar-refractivity contribution in [3.8, 4) is 0 Å². The van der Waals surface area contributed by atoms with Crippen LogP contribution in [0.1, 0.15) is 79.1 Å². The molecule has 0 aliphatic heterocycles. The van der Waals surface area contributed by atoms with Gasteiger partial charge < -0.3 is 15.5 Å². The summed E-state index contributed by atoms with van der Waals surface area (Å²) in [6.07, 6.45) is 11.0. The Kier molecular flexibility index (Phi) is 4.61. The summed E-state index contributed by atoms with van der Waals surface area (Å²) in [4.78, 5) is 0. The molecule has 3 saturated carbocycles. The fraction of sp³-hybridized carbons (Fsp3) is 0.913. The minimum Gasteiger partial charge on any atom is -0.393 e. The Hall–Kier alpha value is -0.380. The van der Waals surface area contributed by atoms with Crippen LogP contribution >= 0.6 is 0 Å². The van der Waals surface area contributed by atoms with Crippen LogP contribution in [-0.2, 0) is 0 Å². The van der Waals surface area contributed by atoms with Gasteiger partial charge in [0.25, 0.3) is 0 Å². The van der Waals surface area contributed by atoms with Gasteiger partial charge >= 0.3 is 0 Å². The monoisotopic (exact) mass is 361 g/mol. The predicted molar refractivity (Wildman–Crippen MR) is 106 cm³/mol. The highest BCUT2D eigenvalue weighted by Gasteiger charge is 2.63. The lowest BCUT2D eigenvalue weighted by molar-refractivity contribution is -0.123. The van der Waals surface area contributed by atoms with Crippen LogP contribution in [0.2, 0.25) is 0 Å². The molecule has 0 heterocycles. The van der Waals surface area contributed by atoms with Crippen LogP contribution < -0.4 is 5.32 Å². The maximum atomic E-state index is 11.6. The van der Waals surface area contributed by atoms with Crippen LogP contribution in [-0.4, -0.2) is 34.5 Å². The average molecular weight is 362 g/mol. The maximum Gasteiger partial charge on any atom is 0.0827 e. The first kappa shape index (κ1) is 19.0. The third-order valence-electron chi connectivity index (χ3n) is 9.20. The third-order valence-corrected chi connectivity index (χ3v) is 9.20. The van der Waals surface area contributed by atoms with Crippen molar-refractivity contribution in [3.05, 3.63) is 11.6 Å². The number of nitrogens with one attached hydrogen (secondary N) is 1. The van der Waals surface area contributed by atoms with Gasteiger partial charge in [-0.2, -0.15) is 0 Å². The molecule has 0 radical (unpaired) electrons. The molecule has 4 aliphatic rings. The summed E-state index contributed by atoms with van der Waals surface area (Å²) in [5, 5.41) is 25.3. The normalized spacial score (nSPS) is 50.8. The van der Waals surface area contributed by atoms with Crippen molar-refractivity contribution in [1.29, 1.82) is 0 Å². The highest BCUT2D eigenvalue weighted by Crippen LogP contribution is 2.67. The summed E-state index contributed by atoms with van der Waals surface area (Å²) < 4.78 is 0. The molecule has 3 fully saturated rings. The molecule has 0 spiro atoms. The number of aliphatic hydroxyl groups is 2. The molecule has 0 aromatic rings. The molecule has 148 valence electrons. The van der Waals surface area contributed by atoms with E-state index in [1.54, 1.807) is 0 Å². The number of allylic oxidation sites excluding steroid dienone is 1. The van der Waals surface area contributed by atoms with E-state index in [0.29, 0.717) is 23.3 Å². The summed E-state index contributed by atoms with van der Waals surface area (Å²) in [7, 11) is 0. The molecular weight excluding hydrogens is 322 g/mol. The van der Waals surface area contributed by atoms with E-state index in [9.17, 15) is 10.2 Å². The number of rotatable bonds is 3. The Morgan fingerprint density at radius 1 is 1.12 bits per heavy atom. The van der Waals surface area contributed by atoms with E-state index < -0.39 is 5.60 Å². The standard InChI is InChI=1S/C23H39NO2/c1-15(2)24-14-23(26)12-9-20-18-6-5-16-13-17(25)7-10-21(16,3)19(18)8-11-22(20,23)4/h5,15,17-20,24-26H,6-14H2,1-4H3/t17-,18+,19-,20-,21-,22-,23+/m0/s1. The maximum absolute atomic E-state index is 11.6. The van der Waals surface area contributed by atoms with Crippen molar-refractivity contribution in [2.75, 3.05) is 6.54 Å². The van der Waals surface area contributed by atoms with Crippen LogP contribution in [0, 0.1) is 28.6 Å². The summed E-state index contributed by atoms with van der Waals surface area (Å²) in [5.74, 6) is 2.10. The second kappa shape index (κ2) is 6.32. The Labute approximate surface area is 159 Å². The summed E-state index contributed by atoms with van der Waals surface area (Å²) in [5.41, 5.74) is 1.32. The SMILES string of the molecule is CC(C)NC[C@]1(O)CC[C@H]2[C@@H]3CC=C4C[C@@H](O)CC[C@]4(C)[C@H]3CC[C@@]21C. The van der Waals surface area contributed by atoms with Crippen molar-refractivity contribution in [1.82, 2.24) is 5.32 Å². The third kappa shape index (κ3) is 2.64. The minimum atomic E-state index is -0.555. The molecule has 4 aliphatic carbocycles.